The summed E-state index contributed by atoms with van der Waals surface area (Å²) >= 11 is 0. The molecule has 16 heavy (non-hydrogen) atoms. The van der Waals surface area contributed by atoms with Gasteiger partial charge in [-0.1, -0.05) is 0 Å². The van der Waals surface area contributed by atoms with E-state index in [1.807, 2.05) is 0 Å². The van der Waals surface area contributed by atoms with Crippen LogP contribution in [-0.2, 0) is 28.6 Å². The minimum absolute atomic E-state index is 0.219. The highest BCUT2D eigenvalue weighted by molar-refractivity contribution is 7.86. The van der Waals surface area contributed by atoms with E-state index in [0.717, 1.165) is 6.26 Å². The molecule has 0 saturated heterocycles. The smallest absolute Gasteiger partial charge is 0.302 e. The van der Waals surface area contributed by atoms with E-state index in [1.54, 1.807) is 0 Å². The van der Waals surface area contributed by atoms with E-state index in [-0.39, 0.29) is 24.8 Å². The predicted molar refractivity (Wildman–Crippen MR) is 56.3 cm³/mol. The van der Waals surface area contributed by atoms with Crippen LogP contribution in [-0.4, -0.2) is 39.6 Å². The Kier molecular flexibility index (Phi) is 6.91. The summed E-state index contributed by atoms with van der Waals surface area (Å²) in [5.41, 5.74) is 0. The van der Waals surface area contributed by atoms with Gasteiger partial charge in [0.15, 0.2) is 5.78 Å². The normalized spacial score (nSPS) is 11.1. The van der Waals surface area contributed by atoms with Crippen LogP contribution in [0.15, 0.2) is 0 Å². The number of rotatable bonds is 8. The molecule has 0 aromatic rings. The monoisotopic (exact) mass is 252 g/mol. The maximum atomic E-state index is 11.1. The van der Waals surface area contributed by atoms with Gasteiger partial charge >= 0.3 is 5.97 Å². The maximum absolute atomic E-state index is 11.1. The fourth-order valence-corrected chi connectivity index (χ4v) is 1.23. The summed E-state index contributed by atoms with van der Waals surface area (Å²) in [4.78, 5) is 21.5. The number of hydrogen-bond donors (Lipinski definition) is 0. The highest BCUT2D eigenvalue weighted by Crippen LogP contribution is 1.99. The Hall–Kier alpha value is -0.950. The van der Waals surface area contributed by atoms with Gasteiger partial charge in [-0.05, 0) is 12.8 Å². The first-order chi connectivity index (χ1) is 7.31. The van der Waals surface area contributed by atoms with Crippen molar-refractivity contribution < 1.29 is 26.9 Å². The van der Waals surface area contributed by atoms with Crippen LogP contribution in [0.4, 0.5) is 0 Å². The van der Waals surface area contributed by atoms with E-state index in [9.17, 15) is 18.0 Å². The second kappa shape index (κ2) is 7.34. The van der Waals surface area contributed by atoms with E-state index in [0.29, 0.717) is 12.8 Å². The Bertz CT molecular complexity index is 332. The molecule has 0 aromatic carbocycles. The summed E-state index contributed by atoms with van der Waals surface area (Å²) in [6, 6.07) is 0. The van der Waals surface area contributed by atoms with Crippen molar-refractivity contribution in [1.29, 1.82) is 0 Å². The zero-order valence-electron chi connectivity index (χ0n) is 9.39. The van der Waals surface area contributed by atoms with Crippen LogP contribution in [0.1, 0.15) is 26.2 Å². The molecule has 0 aliphatic carbocycles. The average molecular weight is 252 g/mol. The highest BCUT2D eigenvalue weighted by atomic mass is 32.2. The number of unbranched alkanes of at least 4 members (excludes halogenated alkanes) is 1. The Balaban J connectivity index is 3.48. The molecule has 0 aliphatic heterocycles. The number of carbonyl (C=O) groups is 2. The van der Waals surface area contributed by atoms with Crippen molar-refractivity contribution in [2.24, 2.45) is 0 Å². The largest absolute Gasteiger partial charge is 0.466 e. The molecule has 6 nitrogen and oxygen atoms in total. The minimum Gasteiger partial charge on any atom is -0.466 e. The van der Waals surface area contributed by atoms with E-state index < -0.39 is 16.7 Å². The fraction of sp³-hybridized carbons (Fsp3) is 0.778. The molecular weight excluding hydrogens is 236 g/mol. The van der Waals surface area contributed by atoms with Crippen molar-refractivity contribution in [3.63, 3.8) is 0 Å². The first-order valence-electron chi connectivity index (χ1n) is 4.81. The number of carbonyl (C=O) groups excluding carboxylic acids is 2. The van der Waals surface area contributed by atoms with Crippen LogP contribution < -0.4 is 0 Å². The second-order valence-electron chi connectivity index (χ2n) is 3.30. The molecule has 7 heteroatoms. The van der Waals surface area contributed by atoms with Crippen LogP contribution in [0.3, 0.4) is 0 Å². The van der Waals surface area contributed by atoms with Crippen molar-refractivity contribution in [1.82, 2.24) is 0 Å². The molecule has 0 saturated carbocycles. The van der Waals surface area contributed by atoms with Gasteiger partial charge in [0.2, 0.25) is 0 Å². The van der Waals surface area contributed by atoms with E-state index in [2.05, 4.69) is 8.92 Å². The molecule has 0 atom stereocenters. The van der Waals surface area contributed by atoms with Gasteiger partial charge in [-0.25, -0.2) is 0 Å². The molecule has 0 heterocycles. The Labute approximate surface area is 95.0 Å². The summed E-state index contributed by atoms with van der Waals surface area (Å²) in [5.74, 6) is -0.639. The number of hydrogen-bond acceptors (Lipinski definition) is 6. The molecule has 0 amide bonds. The lowest BCUT2D eigenvalue weighted by molar-refractivity contribution is -0.141. The van der Waals surface area contributed by atoms with Gasteiger partial charge in [-0.3, -0.25) is 13.8 Å². The molecule has 0 rings (SSSR count). The number of ketones is 1. The SMILES string of the molecule is CC(=O)OCCCCC(=O)COS(C)(=O)=O. The first-order valence-corrected chi connectivity index (χ1v) is 6.62. The standard InChI is InChI=1S/C9H16O6S/c1-8(10)14-6-4-3-5-9(11)7-15-16(2,12)13/h3-7H2,1-2H3. The van der Waals surface area contributed by atoms with Gasteiger partial charge in [0.25, 0.3) is 10.1 Å². The van der Waals surface area contributed by atoms with Crippen LogP contribution in [0.5, 0.6) is 0 Å². The topological polar surface area (TPSA) is 86.7 Å². The quantitative estimate of drug-likeness (QED) is 0.350. The third-order valence-electron chi connectivity index (χ3n) is 1.59. The van der Waals surface area contributed by atoms with Crippen LogP contribution in [0.25, 0.3) is 0 Å². The minimum atomic E-state index is -3.56. The van der Waals surface area contributed by atoms with E-state index in [4.69, 9.17) is 0 Å². The summed E-state index contributed by atoms with van der Waals surface area (Å²) in [7, 11) is -3.56. The van der Waals surface area contributed by atoms with Gasteiger partial charge in [0.1, 0.15) is 6.61 Å². The summed E-state index contributed by atoms with van der Waals surface area (Å²) in [6.45, 7) is 1.16. The second-order valence-corrected chi connectivity index (χ2v) is 4.95. The number of esters is 1. The van der Waals surface area contributed by atoms with E-state index in [1.165, 1.54) is 6.92 Å². The third-order valence-corrected chi connectivity index (χ3v) is 2.14. The Morgan fingerprint density at radius 3 is 2.31 bits per heavy atom. The molecule has 94 valence electrons. The van der Waals surface area contributed by atoms with Gasteiger partial charge in [0, 0.05) is 13.3 Å². The molecule has 0 radical (unpaired) electrons. The molecule has 0 fully saturated rings. The molecule has 0 spiro atoms. The van der Waals surface area contributed by atoms with Crippen molar-refractivity contribution in [2.75, 3.05) is 19.5 Å². The molecule has 0 aromatic heterocycles. The van der Waals surface area contributed by atoms with Gasteiger partial charge in [-0.15, -0.1) is 0 Å². The third kappa shape index (κ3) is 11.1. The van der Waals surface area contributed by atoms with E-state index >= 15 is 0 Å². The van der Waals surface area contributed by atoms with Gasteiger partial charge in [-0.2, -0.15) is 8.42 Å². The Morgan fingerprint density at radius 1 is 1.19 bits per heavy atom. The van der Waals surface area contributed by atoms with Crippen molar-refractivity contribution in [2.45, 2.75) is 26.2 Å². The lowest BCUT2D eigenvalue weighted by atomic mass is 10.2. The van der Waals surface area contributed by atoms with Crippen LogP contribution in [0, 0.1) is 0 Å². The lowest BCUT2D eigenvalue weighted by Gasteiger charge is -2.02. The summed E-state index contributed by atoms with van der Waals surface area (Å²) in [5, 5.41) is 0. The number of ether oxygens (including phenoxy) is 1. The van der Waals surface area contributed by atoms with Crippen LogP contribution in [0.2, 0.25) is 0 Å². The molecule has 0 unspecified atom stereocenters. The molecular formula is C9H16O6S. The average Bonchev–Trinajstić information content (AvgIpc) is 2.12. The fourth-order valence-electron chi connectivity index (χ4n) is 0.885. The molecule has 0 N–H and O–H groups in total. The van der Waals surface area contributed by atoms with Crippen molar-refractivity contribution in [3.05, 3.63) is 0 Å². The predicted octanol–water partition coefficient (Wildman–Crippen LogP) is 0.265. The van der Waals surface area contributed by atoms with Gasteiger partial charge in [0.05, 0.1) is 12.9 Å². The zero-order valence-corrected chi connectivity index (χ0v) is 10.2. The zero-order chi connectivity index (χ0) is 12.6. The first kappa shape index (κ1) is 15.0. The maximum Gasteiger partial charge on any atom is 0.302 e. The van der Waals surface area contributed by atoms with Crippen LogP contribution >= 0.6 is 0 Å². The summed E-state index contributed by atoms with van der Waals surface area (Å²) < 4.78 is 30.1. The lowest BCUT2D eigenvalue weighted by Crippen LogP contribution is -2.13. The molecule has 0 bridgehead atoms. The number of Topliss-reactive ketones (excluding diaryl/α,β-unsaturated/α-hetero) is 1. The van der Waals surface area contributed by atoms with Crippen molar-refractivity contribution >= 4 is 21.9 Å². The summed E-state index contributed by atoms with van der Waals surface area (Å²) in [6.07, 6.45) is 2.22. The Morgan fingerprint density at radius 2 is 1.81 bits per heavy atom. The molecule has 0 aliphatic rings. The van der Waals surface area contributed by atoms with Crippen molar-refractivity contribution in [3.8, 4) is 0 Å². The van der Waals surface area contributed by atoms with Gasteiger partial charge < -0.3 is 4.74 Å². The highest BCUT2D eigenvalue weighted by Gasteiger charge is 2.07.